The Bertz CT molecular complexity index is 183. The Labute approximate surface area is 97.5 Å². The fraction of sp³-hybridized carbons (Fsp3) is 0.909. The fourth-order valence-corrected chi connectivity index (χ4v) is 1.35. The number of amides is 1. The average Bonchev–Trinajstić information content (AvgIpc) is 2.21. The molecule has 0 radical (unpaired) electrons. The van der Waals surface area contributed by atoms with Crippen LogP contribution in [-0.4, -0.2) is 31.5 Å². The third-order valence-corrected chi connectivity index (χ3v) is 2.46. The Kier molecular flexibility index (Phi) is 7.79. The van der Waals surface area contributed by atoms with Gasteiger partial charge in [0.25, 0.3) is 0 Å². The van der Waals surface area contributed by atoms with Crippen LogP contribution in [-0.2, 0) is 9.53 Å². The number of carbonyl (C=O) groups is 1. The largest absolute Gasteiger partial charge is 0.372 e. The van der Waals surface area contributed by atoms with Crippen molar-refractivity contribution in [1.29, 1.82) is 0 Å². The second kappa shape index (κ2) is 7.94. The molecule has 0 aromatic heterocycles. The van der Waals surface area contributed by atoms with Crippen molar-refractivity contribution in [2.24, 2.45) is 5.41 Å². The number of alkyl halides is 1. The molecule has 0 unspecified atom stereocenters. The maximum atomic E-state index is 11.3. The Morgan fingerprint density at radius 2 is 2.13 bits per heavy atom. The molecule has 0 saturated heterocycles. The lowest BCUT2D eigenvalue weighted by molar-refractivity contribution is -0.126. The summed E-state index contributed by atoms with van der Waals surface area (Å²) in [4.78, 5) is 11.3. The van der Waals surface area contributed by atoms with Crippen molar-refractivity contribution in [2.75, 3.05) is 25.6 Å². The van der Waals surface area contributed by atoms with Crippen LogP contribution in [0, 0.1) is 5.41 Å². The van der Waals surface area contributed by atoms with Crippen LogP contribution in [0.5, 0.6) is 0 Å². The Morgan fingerprint density at radius 3 is 2.67 bits per heavy atom. The van der Waals surface area contributed by atoms with E-state index in [1.807, 2.05) is 6.92 Å². The Morgan fingerprint density at radius 1 is 1.47 bits per heavy atom. The van der Waals surface area contributed by atoms with E-state index in [0.717, 1.165) is 12.8 Å². The first kappa shape index (κ1) is 14.7. The number of hydrogen-bond donors (Lipinski definition) is 1. The van der Waals surface area contributed by atoms with Crippen molar-refractivity contribution in [3.8, 4) is 0 Å². The number of rotatable bonds is 8. The molecule has 0 aliphatic rings. The molecule has 15 heavy (non-hydrogen) atoms. The van der Waals surface area contributed by atoms with Gasteiger partial charge in [0.15, 0.2) is 0 Å². The molecule has 0 rings (SSSR count). The smallest absolute Gasteiger partial charge is 0.246 e. The summed E-state index contributed by atoms with van der Waals surface area (Å²) in [5.74, 6) is 0.631. The van der Waals surface area contributed by atoms with Gasteiger partial charge in [-0.3, -0.25) is 4.79 Å². The van der Waals surface area contributed by atoms with Crippen molar-refractivity contribution in [3.63, 3.8) is 0 Å². The number of nitrogens with one attached hydrogen (secondary N) is 1. The molecule has 1 amide bonds. The van der Waals surface area contributed by atoms with Gasteiger partial charge in [-0.2, -0.15) is 0 Å². The molecular formula is C11H22ClNO2. The molecule has 0 aliphatic carbocycles. The van der Waals surface area contributed by atoms with Crippen molar-refractivity contribution < 1.29 is 9.53 Å². The van der Waals surface area contributed by atoms with Crippen LogP contribution < -0.4 is 5.32 Å². The lowest BCUT2D eigenvalue weighted by Crippen LogP contribution is -2.36. The van der Waals surface area contributed by atoms with E-state index in [0.29, 0.717) is 19.0 Å². The van der Waals surface area contributed by atoms with Gasteiger partial charge in [-0.1, -0.05) is 13.8 Å². The SMILES string of the molecule is CCOCC(=O)NCC(C)(C)CCCCl. The van der Waals surface area contributed by atoms with Crippen molar-refractivity contribution in [2.45, 2.75) is 33.6 Å². The molecule has 0 atom stereocenters. The first-order valence-electron chi connectivity index (χ1n) is 5.42. The fourth-order valence-electron chi connectivity index (χ4n) is 1.22. The van der Waals surface area contributed by atoms with Crippen LogP contribution in [0.1, 0.15) is 33.6 Å². The molecule has 0 fully saturated rings. The minimum absolute atomic E-state index is 0.0456. The van der Waals surface area contributed by atoms with Gasteiger partial charge >= 0.3 is 0 Å². The lowest BCUT2D eigenvalue weighted by Gasteiger charge is -2.24. The maximum absolute atomic E-state index is 11.3. The van der Waals surface area contributed by atoms with Crippen LogP contribution >= 0.6 is 11.6 Å². The maximum Gasteiger partial charge on any atom is 0.246 e. The van der Waals surface area contributed by atoms with Gasteiger partial charge in [0.2, 0.25) is 5.91 Å². The molecule has 90 valence electrons. The summed E-state index contributed by atoms with van der Waals surface area (Å²) in [7, 11) is 0. The molecule has 0 bridgehead atoms. The van der Waals surface area contributed by atoms with Crippen LogP contribution in [0.2, 0.25) is 0 Å². The molecule has 0 aromatic rings. The molecular weight excluding hydrogens is 214 g/mol. The summed E-state index contributed by atoms with van der Waals surface area (Å²) in [6, 6.07) is 0. The average molecular weight is 236 g/mol. The van der Waals surface area contributed by atoms with E-state index in [9.17, 15) is 4.79 Å². The van der Waals surface area contributed by atoms with Crippen LogP contribution in [0.25, 0.3) is 0 Å². The summed E-state index contributed by atoms with van der Waals surface area (Å²) < 4.78 is 5.01. The summed E-state index contributed by atoms with van der Waals surface area (Å²) >= 11 is 5.63. The Hall–Kier alpha value is -0.280. The minimum atomic E-state index is -0.0456. The lowest BCUT2D eigenvalue weighted by atomic mass is 9.88. The van der Waals surface area contributed by atoms with Crippen LogP contribution in [0.3, 0.4) is 0 Å². The van der Waals surface area contributed by atoms with Gasteiger partial charge in [-0.15, -0.1) is 11.6 Å². The quantitative estimate of drug-likeness (QED) is 0.655. The highest BCUT2D eigenvalue weighted by atomic mass is 35.5. The van der Waals surface area contributed by atoms with Crippen molar-refractivity contribution >= 4 is 17.5 Å². The van der Waals surface area contributed by atoms with Gasteiger partial charge in [-0.25, -0.2) is 0 Å². The third-order valence-electron chi connectivity index (χ3n) is 2.19. The summed E-state index contributed by atoms with van der Waals surface area (Å²) in [5.41, 5.74) is 0.108. The number of ether oxygens (including phenoxy) is 1. The van der Waals surface area contributed by atoms with E-state index in [2.05, 4.69) is 19.2 Å². The number of carbonyl (C=O) groups excluding carboxylic acids is 1. The molecule has 0 aromatic carbocycles. The second-order valence-corrected chi connectivity index (χ2v) is 4.75. The van der Waals surface area contributed by atoms with Crippen LogP contribution in [0.4, 0.5) is 0 Å². The molecule has 3 nitrogen and oxygen atoms in total. The van der Waals surface area contributed by atoms with Crippen LogP contribution in [0.15, 0.2) is 0 Å². The molecule has 4 heteroatoms. The van der Waals surface area contributed by atoms with E-state index in [4.69, 9.17) is 16.3 Å². The Balaban J connectivity index is 3.67. The first-order valence-corrected chi connectivity index (χ1v) is 5.95. The number of halogens is 1. The highest BCUT2D eigenvalue weighted by Crippen LogP contribution is 2.21. The monoisotopic (exact) mass is 235 g/mol. The standard InChI is InChI=1S/C11H22ClNO2/c1-4-15-8-10(14)13-9-11(2,3)6-5-7-12/h4-9H2,1-3H3,(H,13,14). The van der Waals surface area contributed by atoms with Gasteiger partial charge in [-0.05, 0) is 25.2 Å². The highest BCUT2D eigenvalue weighted by molar-refractivity contribution is 6.17. The topological polar surface area (TPSA) is 38.3 Å². The zero-order valence-electron chi connectivity index (χ0n) is 9.94. The van der Waals surface area contributed by atoms with E-state index in [-0.39, 0.29) is 17.9 Å². The molecule has 1 N–H and O–H groups in total. The molecule has 0 aliphatic heterocycles. The molecule has 0 spiro atoms. The van der Waals surface area contributed by atoms with E-state index in [1.165, 1.54) is 0 Å². The molecule has 0 heterocycles. The normalized spacial score (nSPS) is 11.5. The van der Waals surface area contributed by atoms with Gasteiger partial charge in [0, 0.05) is 19.0 Å². The van der Waals surface area contributed by atoms with E-state index < -0.39 is 0 Å². The van der Waals surface area contributed by atoms with E-state index >= 15 is 0 Å². The highest BCUT2D eigenvalue weighted by Gasteiger charge is 2.17. The summed E-state index contributed by atoms with van der Waals surface area (Å²) in [5, 5.41) is 2.86. The predicted octanol–water partition coefficient (Wildman–Crippen LogP) is 2.18. The van der Waals surface area contributed by atoms with E-state index in [1.54, 1.807) is 0 Å². The third kappa shape index (κ3) is 8.70. The van der Waals surface area contributed by atoms with Gasteiger partial charge < -0.3 is 10.1 Å². The van der Waals surface area contributed by atoms with Gasteiger partial charge in [0.05, 0.1) is 0 Å². The minimum Gasteiger partial charge on any atom is -0.372 e. The second-order valence-electron chi connectivity index (χ2n) is 4.37. The predicted molar refractivity (Wildman–Crippen MR) is 63.2 cm³/mol. The summed E-state index contributed by atoms with van der Waals surface area (Å²) in [6.45, 7) is 7.53. The van der Waals surface area contributed by atoms with Crippen molar-refractivity contribution in [3.05, 3.63) is 0 Å². The number of hydrogen-bond acceptors (Lipinski definition) is 2. The summed E-state index contributed by atoms with van der Waals surface area (Å²) in [6.07, 6.45) is 2.00. The zero-order chi connectivity index (χ0) is 11.7. The van der Waals surface area contributed by atoms with Crippen molar-refractivity contribution in [1.82, 2.24) is 5.32 Å². The first-order chi connectivity index (χ1) is 7.02. The zero-order valence-corrected chi connectivity index (χ0v) is 10.7. The molecule has 0 saturated carbocycles. The van der Waals surface area contributed by atoms with Gasteiger partial charge in [0.1, 0.15) is 6.61 Å².